The fourth-order valence-electron chi connectivity index (χ4n) is 3.47. The third-order valence-corrected chi connectivity index (χ3v) is 5.35. The van der Waals surface area contributed by atoms with Crippen LogP contribution in [0.25, 0.3) is 11.3 Å². The van der Waals surface area contributed by atoms with Crippen molar-refractivity contribution in [2.45, 2.75) is 65.0 Å². The molecular weight excluding hydrogens is 422 g/mol. The molecule has 0 saturated heterocycles. The van der Waals surface area contributed by atoms with Crippen LogP contribution in [0.2, 0.25) is 0 Å². The van der Waals surface area contributed by atoms with Crippen LogP contribution in [0.15, 0.2) is 36.7 Å². The Morgan fingerprint density at radius 1 is 0.970 bits per heavy atom. The van der Waals surface area contributed by atoms with Crippen molar-refractivity contribution in [2.75, 3.05) is 6.54 Å². The van der Waals surface area contributed by atoms with Gasteiger partial charge in [0.05, 0.1) is 12.4 Å². The largest absolute Gasteiger partial charge is 0.476 e. The number of carboxylic acids is 1. The van der Waals surface area contributed by atoms with Crippen LogP contribution in [0.1, 0.15) is 61.5 Å². The van der Waals surface area contributed by atoms with Gasteiger partial charge in [-0.15, -0.1) is 10.2 Å². The molecule has 0 unspecified atom stereocenters. The Morgan fingerprint density at radius 2 is 1.73 bits per heavy atom. The summed E-state index contributed by atoms with van der Waals surface area (Å²) >= 11 is 0. The average molecular weight is 454 g/mol. The van der Waals surface area contributed by atoms with E-state index < -0.39 is 5.97 Å². The van der Waals surface area contributed by atoms with Crippen LogP contribution in [0.3, 0.4) is 0 Å². The lowest BCUT2D eigenvalue weighted by molar-refractivity contribution is -0.121. The molecule has 0 fully saturated rings. The highest BCUT2D eigenvalue weighted by atomic mass is 16.4. The fraction of sp³-hybridized carbons (Fsp3) is 0.478. The van der Waals surface area contributed by atoms with Gasteiger partial charge in [-0.2, -0.15) is 0 Å². The zero-order chi connectivity index (χ0) is 23.5. The molecule has 0 aliphatic heterocycles. The minimum absolute atomic E-state index is 0.0371. The summed E-state index contributed by atoms with van der Waals surface area (Å²) in [4.78, 5) is 22.7. The van der Waals surface area contributed by atoms with Crippen molar-refractivity contribution in [3.8, 4) is 11.3 Å². The molecule has 2 aromatic heterocycles. The van der Waals surface area contributed by atoms with Gasteiger partial charge in [-0.1, -0.05) is 48.4 Å². The van der Waals surface area contributed by atoms with Gasteiger partial charge in [0.25, 0.3) is 0 Å². The molecule has 176 valence electrons. The minimum Gasteiger partial charge on any atom is -0.476 e. The first-order valence-corrected chi connectivity index (χ1v) is 11.4. The number of aromatic nitrogens is 6. The molecule has 3 rings (SSSR count). The molecule has 0 atom stereocenters. The van der Waals surface area contributed by atoms with Crippen molar-refractivity contribution in [3.63, 3.8) is 0 Å². The predicted octanol–water partition coefficient (Wildman–Crippen LogP) is 2.95. The van der Waals surface area contributed by atoms with Crippen molar-refractivity contribution in [2.24, 2.45) is 0 Å². The van der Waals surface area contributed by atoms with Crippen LogP contribution in [0, 0.1) is 0 Å². The maximum atomic E-state index is 11.9. The fourth-order valence-corrected chi connectivity index (χ4v) is 3.47. The highest BCUT2D eigenvalue weighted by Crippen LogP contribution is 2.18. The summed E-state index contributed by atoms with van der Waals surface area (Å²) in [6.07, 6.45) is 9.41. The Labute approximate surface area is 193 Å². The van der Waals surface area contributed by atoms with Gasteiger partial charge in [0.2, 0.25) is 5.91 Å². The first-order chi connectivity index (χ1) is 16.0. The number of carbonyl (C=O) groups is 2. The lowest BCUT2D eigenvalue weighted by Gasteiger charge is -2.05. The molecule has 0 aliphatic rings. The average Bonchev–Trinajstić information content (AvgIpc) is 3.49. The number of benzene rings is 1. The Bertz CT molecular complexity index is 1040. The van der Waals surface area contributed by atoms with Gasteiger partial charge in [0.1, 0.15) is 5.69 Å². The smallest absolute Gasteiger partial charge is 0.358 e. The third kappa shape index (κ3) is 7.81. The number of hydrogen-bond donors (Lipinski definition) is 2. The number of amides is 1. The first kappa shape index (κ1) is 24.1. The second kappa shape index (κ2) is 12.5. The van der Waals surface area contributed by atoms with Gasteiger partial charge in [-0.3, -0.25) is 14.2 Å². The number of rotatable bonds is 14. The molecule has 2 N–H and O–H groups in total. The number of carboxylic acid groups (broad SMARTS) is 1. The number of hydrogen-bond acceptors (Lipinski definition) is 6. The van der Waals surface area contributed by atoms with Gasteiger partial charge < -0.3 is 10.4 Å². The minimum atomic E-state index is -1.10. The first-order valence-electron chi connectivity index (χ1n) is 11.4. The van der Waals surface area contributed by atoms with Crippen LogP contribution in [0.4, 0.5) is 0 Å². The summed E-state index contributed by atoms with van der Waals surface area (Å²) in [6, 6.07) is 8.38. The zero-order valence-electron chi connectivity index (χ0n) is 19.0. The van der Waals surface area contributed by atoms with Crippen LogP contribution < -0.4 is 5.32 Å². The molecule has 0 radical (unpaired) electrons. The topological polar surface area (TPSA) is 128 Å². The number of aromatic carboxylic acids is 1. The predicted molar refractivity (Wildman–Crippen MR) is 123 cm³/mol. The van der Waals surface area contributed by atoms with E-state index in [2.05, 4.69) is 57.1 Å². The van der Waals surface area contributed by atoms with Gasteiger partial charge in [-0.05, 0) is 37.3 Å². The van der Waals surface area contributed by atoms with E-state index in [9.17, 15) is 9.59 Å². The Kier molecular flexibility index (Phi) is 9.10. The number of nitrogens with one attached hydrogen (secondary N) is 1. The summed E-state index contributed by atoms with van der Waals surface area (Å²) < 4.78 is 3.35. The summed E-state index contributed by atoms with van der Waals surface area (Å²) in [6.45, 7) is 3.99. The van der Waals surface area contributed by atoms with E-state index in [1.165, 1.54) is 16.4 Å². The lowest BCUT2D eigenvalue weighted by Crippen LogP contribution is -2.25. The monoisotopic (exact) mass is 453 g/mol. The van der Waals surface area contributed by atoms with E-state index in [0.29, 0.717) is 25.9 Å². The molecule has 1 amide bonds. The van der Waals surface area contributed by atoms with E-state index in [-0.39, 0.29) is 11.6 Å². The van der Waals surface area contributed by atoms with E-state index in [0.717, 1.165) is 49.9 Å². The summed E-state index contributed by atoms with van der Waals surface area (Å²) in [5.74, 6) is -1.06. The van der Waals surface area contributed by atoms with Crippen LogP contribution in [0.5, 0.6) is 0 Å². The Balaban J connectivity index is 1.23. The van der Waals surface area contributed by atoms with Gasteiger partial charge in [0.15, 0.2) is 5.69 Å². The van der Waals surface area contributed by atoms with Gasteiger partial charge >= 0.3 is 5.97 Å². The molecule has 10 nitrogen and oxygen atoms in total. The maximum absolute atomic E-state index is 11.9. The van der Waals surface area contributed by atoms with E-state index in [1.54, 1.807) is 0 Å². The van der Waals surface area contributed by atoms with Crippen molar-refractivity contribution in [1.29, 1.82) is 0 Å². The second-order valence-corrected chi connectivity index (χ2v) is 7.96. The van der Waals surface area contributed by atoms with E-state index in [1.807, 2.05) is 10.9 Å². The molecule has 0 aliphatic carbocycles. The third-order valence-electron chi connectivity index (χ3n) is 5.35. The van der Waals surface area contributed by atoms with E-state index >= 15 is 0 Å². The number of unbranched alkanes of at least 4 members (excludes halogenated alkanes) is 3. The standard InChI is InChI=1S/C23H31N7O3/c1-2-18-9-7-10-19(15-18)20-16-29(27-25-20)13-6-4-3-5-11-22(31)24-12-8-14-30-17-21(23(32)33)26-28-30/h7,9-10,15-17H,2-6,8,11-14H2,1H3,(H,24,31)(H,32,33). The van der Waals surface area contributed by atoms with Gasteiger partial charge in [0, 0.05) is 31.6 Å². The zero-order valence-corrected chi connectivity index (χ0v) is 19.0. The van der Waals surface area contributed by atoms with Crippen molar-refractivity contribution < 1.29 is 14.7 Å². The second-order valence-electron chi connectivity index (χ2n) is 7.96. The van der Waals surface area contributed by atoms with Gasteiger partial charge in [-0.25, -0.2) is 4.79 Å². The number of nitrogens with zero attached hydrogens (tertiary/aromatic N) is 6. The molecule has 0 spiro atoms. The SMILES string of the molecule is CCc1cccc(-c2cn(CCCCCCC(=O)NCCCn3cc(C(=O)O)nn3)nn2)c1. The molecule has 3 aromatic rings. The highest BCUT2D eigenvalue weighted by Gasteiger charge is 2.08. The Morgan fingerprint density at radius 3 is 2.52 bits per heavy atom. The van der Waals surface area contributed by atoms with Crippen LogP contribution >= 0.6 is 0 Å². The summed E-state index contributed by atoms with van der Waals surface area (Å²) in [5.41, 5.74) is 3.20. The quantitative estimate of drug-likeness (QED) is 0.359. The Hall–Kier alpha value is -3.56. The maximum Gasteiger partial charge on any atom is 0.358 e. The molecule has 1 aromatic carbocycles. The van der Waals surface area contributed by atoms with E-state index in [4.69, 9.17) is 5.11 Å². The van der Waals surface area contributed by atoms with Crippen molar-refractivity contribution in [1.82, 2.24) is 35.3 Å². The summed E-state index contributed by atoms with van der Waals surface area (Å²) in [5, 5.41) is 27.5. The molecular formula is C23H31N7O3. The van der Waals surface area contributed by atoms with Crippen molar-refractivity contribution in [3.05, 3.63) is 47.9 Å². The lowest BCUT2D eigenvalue weighted by atomic mass is 10.1. The van der Waals surface area contributed by atoms with Crippen LogP contribution in [-0.2, 0) is 24.3 Å². The number of carbonyl (C=O) groups excluding carboxylic acids is 1. The molecule has 0 bridgehead atoms. The molecule has 10 heteroatoms. The molecule has 0 saturated carbocycles. The highest BCUT2D eigenvalue weighted by molar-refractivity contribution is 5.84. The summed E-state index contributed by atoms with van der Waals surface area (Å²) in [7, 11) is 0. The normalized spacial score (nSPS) is 10.9. The molecule has 33 heavy (non-hydrogen) atoms. The van der Waals surface area contributed by atoms with Crippen LogP contribution in [-0.4, -0.2) is 53.5 Å². The number of aryl methyl sites for hydroxylation is 3. The van der Waals surface area contributed by atoms with Crippen molar-refractivity contribution >= 4 is 11.9 Å². The molecule has 2 heterocycles.